The van der Waals surface area contributed by atoms with E-state index in [-0.39, 0.29) is 18.6 Å². The van der Waals surface area contributed by atoms with Gasteiger partial charge in [0.05, 0.1) is 18.5 Å². The summed E-state index contributed by atoms with van der Waals surface area (Å²) in [6.45, 7) is 5.49. The summed E-state index contributed by atoms with van der Waals surface area (Å²) in [5.41, 5.74) is 0. The van der Waals surface area contributed by atoms with Gasteiger partial charge in [-0.05, 0) is 64.5 Å². The van der Waals surface area contributed by atoms with Crippen LogP contribution in [0.5, 0.6) is 0 Å². The van der Waals surface area contributed by atoms with E-state index in [4.69, 9.17) is 0 Å². The molecule has 8 heteroatoms. The van der Waals surface area contributed by atoms with E-state index in [1.54, 1.807) is 0 Å². The van der Waals surface area contributed by atoms with Gasteiger partial charge in [-0.15, -0.1) is 0 Å². The number of nitrogens with zero attached hydrogens (tertiary/aromatic N) is 1. The number of likely N-dealkylation sites (tertiary alicyclic amines) is 1. The van der Waals surface area contributed by atoms with Gasteiger partial charge in [-0.25, -0.2) is 4.39 Å². The van der Waals surface area contributed by atoms with Gasteiger partial charge in [-0.3, -0.25) is 26.2 Å². The molecule has 0 amide bonds. The molecule has 0 spiro atoms. The molecule has 4 aliphatic rings. The zero-order valence-corrected chi connectivity index (χ0v) is 17.1. The predicted octanol–water partition coefficient (Wildman–Crippen LogP) is 0.687. The molecule has 160 valence electrons. The normalized spacial score (nSPS) is 40.6. The SMILES string of the molecule is C[C@H](NC1NC(NC2CNC=CN2)CC(N2CCCC2)N1)C1CCC(F)CC1. The number of halogens is 1. The Bertz CT molecular complexity index is 505. The Hall–Kier alpha value is -0.930. The average Bonchev–Trinajstić information content (AvgIpc) is 3.24. The van der Waals surface area contributed by atoms with Crippen LogP contribution in [0, 0.1) is 5.92 Å². The van der Waals surface area contributed by atoms with Crippen LogP contribution in [0.4, 0.5) is 4.39 Å². The summed E-state index contributed by atoms with van der Waals surface area (Å²) in [5.74, 6) is 0.559. The van der Waals surface area contributed by atoms with Gasteiger partial charge in [0.15, 0.2) is 0 Å². The van der Waals surface area contributed by atoms with Gasteiger partial charge in [-0.2, -0.15) is 0 Å². The standard InChI is InChI=1S/C20H38FN7/c1-14(15-4-6-16(21)7-5-15)24-20-26-17(25-18-13-22-8-9-23-18)12-19(27-20)28-10-2-3-11-28/h8-9,14-20,22-27H,2-7,10-13H2,1H3/t14-,15?,16?,17?,18?,19?,20?/m0/s1. The second-order valence-corrected chi connectivity index (χ2v) is 8.91. The van der Waals surface area contributed by atoms with Crippen molar-refractivity contribution >= 4 is 0 Å². The average molecular weight is 396 g/mol. The minimum atomic E-state index is -0.590. The summed E-state index contributed by atoms with van der Waals surface area (Å²) in [5, 5.41) is 21.6. The molecule has 3 aliphatic heterocycles. The molecular formula is C20H38FN7. The second kappa shape index (κ2) is 9.71. The van der Waals surface area contributed by atoms with Crippen molar-refractivity contribution in [2.75, 3.05) is 19.6 Å². The van der Waals surface area contributed by atoms with Crippen molar-refractivity contribution in [2.24, 2.45) is 5.92 Å². The third kappa shape index (κ3) is 5.36. The van der Waals surface area contributed by atoms with E-state index in [1.807, 2.05) is 12.4 Å². The van der Waals surface area contributed by atoms with Gasteiger partial charge in [0.2, 0.25) is 0 Å². The van der Waals surface area contributed by atoms with Crippen LogP contribution in [-0.4, -0.2) is 61.5 Å². The maximum absolute atomic E-state index is 13.5. The summed E-state index contributed by atoms with van der Waals surface area (Å²) in [7, 11) is 0. The van der Waals surface area contributed by atoms with E-state index in [0.29, 0.717) is 18.1 Å². The lowest BCUT2D eigenvalue weighted by atomic mass is 9.83. The van der Waals surface area contributed by atoms with Crippen LogP contribution in [0.25, 0.3) is 0 Å². The number of hydrogen-bond donors (Lipinski definition) is 6. The topological polar surface area (TPSA) is 75.4 Å². The fourth-order valence-electron chi connectivity index (χ4n) is 5.12. The number of nitrogens with one attached hydrogen (secondary N) is 6. The Labute approximate surface area is 168 Å². The monoisotopic (exact) mass is 395 g/mol. The molecule has 0 aromatic carbocycles. The highest BCUT2D eigenvalue weighted by atomic mass is 19.1. The predicted molar refractivity (Wildman–Crippen MR) is 110 cm³/mol. The number of rotatable bonds is 6. The maximum atomic E-state index is 13.5. The van der Waals surface area contributed by atoms with E-state index in [0.717, 1.165) is 38.6 Å². The molecule has 1 aliphatic carbocycles. The fraction of sp³-hybridized carbons (Fsp3) is 0.900. The zero-order valence-electron chi connectivity index (χ0n) is 17.1. The lowest BCUT2D eigenvalue weighted by Gasteiger charge is -2.44. The van der Waals surface area contributed by atoms with Gasteiger partial charge in [0, 0.05) is 31.4 Å². The number of hydrogen-bond acceptors (Lipinski definition) is 7. The van der Waals surface area contributed by atoms with E-state index < -0.39 is 6.17 Å². The Morgan fingerprint density at radius 3 is 2.54 bits per heavy atom. The molecular weight excluding hydrogens is 357 g/mol. The molecule has 3 fully saturated rings. The molecule has 2 saturated heterocycles. The molecule has 0 aromatic rings. The molecule has 0 aromatic heterocycles. The Morgan fingerprint density at radius 2 is 1.82 bits per heavy atom. The minimum Gasteiger partial charge on any atom is -0.386 e. The number of alkyl halides is 1. The molecule has 4 rings (SSSR count). The Kier molecular flexibility index (Phi) is 7.06. The summed E-state index contributed by atoms with van der Waals surface area (Å²) in [6.07, 6.45) is 11.2. The van der Waals surface area contributed by atoms with Crippen molar-refractivity contribution in [3.05, 3.63) is 12.4 Å². The van der Waals surface area contributed by atoms with Crippen molar-refractivity contribution in [3.8, 4) is 0 Å². The summed E-state index contributed by atoms with van der Waals surface area (Å²) >= 11 is 0. The first kappa shape index (κ1) is 20.3. The largest absolute Gasteiger partial charge is 0.386 e. The molecule has 3 heterocycles. The third-order valence-electron chi connectivity index (χ3n) is 6.83. The summed E-state index contributed by atoms with van der Waals surface area (Å²) in [4.78, 5) is 2.58. The second-order valence-electron chi connectivity index (χ2n) is 8.91. The highest BCUT2D eigenvalue weighted by Crippen LogP contribution is 2.28. The Morgan fingerprint density at radius 1 is 1.04 bits per heavy atom. The molecule has 5 atom stereocenters. The van der Waals surface area contributed by atoms with Crippen LogP contribution < -0.4 is 31.9 Å². The van der Waals surface area contributed by atoms with Gasteiger partial charge < -0.3 is 10.6 Å². The Balaban J connectivity index is 1.34. The maximum Gasteiger partial charge on any atom is 0.114 e. The quantitative estimate of drug-likeness (QED) is 0.395. The highest BCUT2D eigenvalue weighted by Gasteiger charge is 2.35. The fourth-order valence-corrected chi connectivity index (χ4v) is 5.12. The minimum absolute atomic E-state index is 0.0574. The van der Waals surface area contributed by atoms with Gasteiger partial charge in [-0.1, -0.05) is 0 Å². The van der Waals surface area contributed by atoms with Gasteiger partial charge in [0.1, 0.15) is 12.5 Å². The summed E-state index contributed by atoms with van der Waals surface area (Å²) < 4.78 is 13.5. The van der Waals surface area contributed by atoms with E-state index >= 15 is 0 Å². The van der Waals surface area contributed by atoms with Crippen LogP contribution in [0.15, 0.2) is 12.4 Å². The first-order chi connectivity index (χ1) is 13.7. The molecule has 28 heavy (non-hydrogen) atoms. The lowest BCUT2D eigenvalue weighted by Crippen LogP contribution is -2.72. The molecule has 4 unspecified atom stereocenters. The van der Waals surface area contributed by atoms with E-state index in [1.165, 1.54) is 25.9 Å². The first-order valence-corrected chi connectivity index (χ1v) is 11.2. The van der Waals surface area contributed by atoms with Gasteiger partial charge in [0.25, 0.3) is 0 Å². The van der Waals surface area contributed by atoms with Crippen molar-refractivity contribution in [1.82, 2.24) is 36.8 Å². The van der Waals surface area contributed by atoms with Crippen molar-refractivity contribution in [2.45, 2.75) is 88.9 Å². The third-order valence-corrected chi connectivity index (χ3v) is 6.83. The highest BCUT2D eigenvalue weighted by molar-refractivity contribution is 4.93. The van der Waals surface area contributed by atoms with Crippen molar-refractivity contribution in [3.63, 3.8) is 0 Å². The van der Waals surface area contributed by atoms with Crippen LogP contribution in [0.2, 0.25) is 0 Å². The van der Waals surface area contributed by atoms with Crippen molar-refractivity contribution < 1.29 is 4.39 Å². The summed E-state index contributed by atoms with van der Waals surface area (Å²) in [6, 6.07) is 0.368. The van der Waals surface area contributed by atoms with Crippen LogP contribution in [0.1, 0.15) is 51.9 Å². The zero-order chi connectivity index (χ0) is 19.3. The van der Waals surface area contributed by atoms with Crippen LogP contribution in [0.3, 0.4) is 0 Å². The first-order valence-electron chi connectivity index (χ1n) is 11.2. The molecule has 0 bridgehead atoms. The lowest BCUT2D eigenvalue weighted by molar-refractivity contribution is 0.0716. The van der Waals surface area contributed by atoms with Crippen molar-refractivity contribution in [1.29, 1.82) is 0 Å². The van der Waals surface area contributed by atoms with E-state index in [9.17, 15) is 4.39 Å². The van der Waals surface area contributed by atoms with Crippen LogP contribution >= 0.6 is 0 Å². The van der Waals surface area contributed by atoms with Gasteiger partial charge >= 0.3 is 0 Å². The smallest absolute Gasteiger partial charge is 0.114 e. The van der Waals surface area contributed by atoms with Crippen LogP contribution in [-0.2, 0) is 0 Å². The molecule has 0 radical (unpaired) electrons. The van der Waals surface area contributed by atoms with E-state index in [2.05, 4.69) is 43.7 Å². The molecule has 7 nitrogen and oxygen atoms in total. The molecule has 1 saturated carbocycles. The molecule has 6 N–H and O–H groups in total.